The molecule has 4 nitrogen and oxygen atoms in total. The first kappa shape index (κ1) is 10.8. The number of halogens is 1. The number of aromatic nitrogens is 3. The lowest BCUT2D eigenvalue weighted by atomic mass is 10.1. The molecule has 0 fully saturated rings. The fourth-order valence-corrected chi connectivity index (χ4v) is 1.98. The molecule has 86 valence electrons. The molecule has 3 aromatic rings. The summed E-state index contributed by atoms with van der Waals surface area (Å²) >= 11 is 5.93. The number of benzene rings is 1. The SMILES string of the molecule is N#Cc1cc(-n2ccnc2)nc2ccc(Cl)cc12. The molecule has 0 saturated carbocycles. The average Bonchev–Trinajstić information content (AvgIpc) is 2.91. The Labute approximate surface area is 108 Å². The molecule has 18 heavy (non-hydrogen) atoms. The fraction of sp³-hybridized carbons (Fsp3) is 0. The fourth-order valence-electron chi connectivity index (χ4n) is 1.80. The number of nitriles is 1. The standard InChI is InChI=1S/C13H7ClN4/c14-10-1-2-12-11(6-10)9(7-15)5-13(17-12)18-4-3-16-8-18/h1-6,8H. The zero-order valence-electron chi connectivity index (χ0n) is 9.21. The van der Waals surface area contributed by atoms with Gasteiger partial charge in [-0.3, -0.25) is 4.57 Å². The van der Waals surface area contributed by atoms with Crippen LogP contribution in [0.1, 0.15) is 5.56 Å². The molecule has 0 spiro atoms. The highest BCUT2D eigenvalue weighted by molar-refractivity contribution is 6.31. The number of imidazole rings is 1. The van der Waals surface area contributed by atoms with Gasteiger partial charge in [-0.2, -0.15) is 5.26 Å². The van der Waals surface area contributed by atoms with Crippen LogP contribution in [0.25, 0.3) is 16.7 Å². The van der Waals surface area contributed by atoms with Crippen LogP contribution in [0.3, 0.4) is 0 Å². The van der Waals surface area contributed by atoms with E-state index in [0.717, 1.165) is 10.9 Å². The topological polar surface area (TPSA) is 54.5 Å². The van der Waals surface area contributed by atoms with Crippen molar-refractivity contribution in [3.63, 3.8) is 0 Å². The molecule has 2 heterocycles. The van der Waals surface area contributed by atoms with E-state index in [1.54, 1.807) is 47.6 Å². The van der Waals surface area contributed by atoms with Crippen molar-refractivity contribution in [3.05, 3.63) is 53.6 Å². The van der Waals surface area contributed by atoms with E-state index in [2.05, 4.69) is 16.0 Å². The van der Waals surface area contributed by atoms with Crippen LogP contribution in [-0.4, -0.2) is 14.5 Å². The van der Waals surface area contributed by atoms with Crippen LogP contribution in [0, 0.1) is 11.3 Å². The lowest BCUT2D eigenvalue weighted by Gasteiger charge is -2.05. The van der Waals surface area contributed by atoms with Crippen LogP contribution in [0.5, 0.6) is 0 Å². The molecular weight excluding hydrogens is 248 g/mol. The first-order valence-electron chi connectivity index (χ1n) is 5.26. The Morgan fingerprint density at radius 2 is 2.17 bits per heavy atom. The van der Waals surface area contributed by atoms with Crippen molar-refractivity contribution >= 4 is 22.5 Å². The van der Waals surface area contributed by atoms with Gasteiger partial charge in [0.2, 0.25) is 0 Å². The first-order valence-corrected chi connectivity index (χ1v) is 5.64. The molecule has 0 amide bonds. The summed E-state index contributed by atoms with van der Waals surface area (Å²) in [7, 11) is 0. The van der Waals surface area contributed by atoms with Gasteiger partial charge >= 0.3 is 0 Å². The minimum Gasteiger partial charge on any atom is -0.290 e. The molecule has 0 aliphatic rings. The third-order valence-corrected chi connectivity index (χ3v) is 2.88. The summed E-state index contributed by atoms with van der Waals surface area (Å²) in [6, 6.07) is 9.20. The van der Waals surface area contributed by atoms with Gasteiger partial charge in [-0.15, -0.1) is 0 Å². The highest BCUT2D eigenvalue weighted by Crippen LogP contribution is 2.23. The number of fused-ring (bicyclic) bond motifs is 1. The molecule has 0 aliphatic carbocycles. The Balaban J connectivity index is 2.33. The van der Waals surface area contributed by atoms with E-state index in [4.69, 9.17) is 11.6 Å². The summed E-state index contributed by atoms with van der Waals surface area (Å²) in [6.07, 6.45) is 5.09. The van der Waals surface area contributed by atoms with Gasteiger partial charge in [-0.25, -0.2) is 9.97 Å². The Kier molecular flexibility index (Phi) is 2.47. The van der Waals surface area contributed by atoms with Crippen molar-refractivity contribution in [3.8, 4) is 11.9 Å². The molecule has 0 aliphatic heterocycles. The third-order valence-electron chi connectivity index (χ3n) is 2.65. The monoisotopic (exact) mass is 254 g/mol. The van der Waals surface area contributed by atoms with E-state index >= 15 is 0 Å². The van der Waals surface area contributed by atoms with E-state index in [1.165, 1.54) is 0 Å². The van der Waals surface area contributed by atoms with Gasteiger partial charge in [0.05, 0.1) is 17.1 Å². The van der Waals surface area contributed by atoms with Crippen molar-refractivity contribution in [2.45, 2.75) is 0 Å². The Morgan fingerprint density at radius 3 is 2.89 bits per heavy atom. The van der Waals surface area contributed by atoms with Crippen LogP contribution < -0.4 is 0 Å². The second-order valence-corrected chi connectivity index (χ2v) is 4.21. The van der Waals surface area contributed by atoms with Crippen molar-refractivity contribution in [1.82, 2.24) is 14.5 Å². The zero-order chi connectivity index (χ0) is 12.5. The number of hydrogen-bond acceptors (Lipinski definition) is 3. The quantitative estimate of drug-likeness (QED) is 0.671. The molecule has 0 N–H and O–H groups in total. The molecular formula is C13H7ClN4. The molecule has 0 saturated heterocycles. The third kappa shape index (κ3) is 1.71. The maximum Gasteiger partial charge on any atom is 0.139 e. The van der Waals surface area contributed by atoms with E-state index < -0.39 is 0 Å². The maximum absolute atomic E-state index is 9.20. The van der Waals surface area contributed by atoms with E-state index in [9.17, 15) is 5.26 Å². The average molecular weight is 255 g/mol. The number of nitrogens with zero attached hydrogens (tertiary/aromatic N) is 4. The molecule has 1 aromatic carbocycles. The predicted octanol–water partition coefficient (Wildman–Crippen LogP) is 2.95. The molecule has 0 bridgehead atoms. The summed E-state index contributed by atoms with van der Waals surface area (Å²) in [5.74, 6) is 0.666. The maximum atomic E-state index is 9.20. The molecule has 0 atom stereocenters. The molecule has 5 heteroatoms. The van der Waals surface area contributed by atoms with Gasteiger partial charge in [-0.1, -0.05) is 11.6 Å². The van der Waals surface area contributed by atoms with Crippen LogP contribution in [-0.2, 0) is 0 Å². The molecule has 0 radical (unpaired) electrons. The Morgan fingerprint density at radius 1 is 1.28 bits per heavy atom. The molecule has 3 rings (SSSR count). The van der Waals surface area contributed by atoms with Crippen molar-refractivity contribution in [2.24, 2.45) is 0 Å². The van der Waals surface area contributed by atoms with Gasteiger partial charge in [0, 0.05) is 22.8 Å². The van der Waals surface area contributed by atoms with Crippen LogP contribution in [0.4, 0.5) is 0 Å². The summed E-state index contributed by atoms with van der Waals surface area (Å²) in [5, 5.41) is 10.6. The molecule has 2 aromatic heterocycles. The highest BCUT2D eigenvalue weighted by Gasteiger charge is 2.07. The van der Waals surface area contributed by atoms with Gasteiger partial charge < -0.3 is 0 Å². The Bertz CT molecular complexity index is 757. The second kappa shape index (κ2) is 4.13. The number of pyridine rings is 1. The van der Waals surface area contributed by atoms with E-state index in [-0.39, 0.29) is 0 Å². The summed E-state index contributed by atoms with van der Waals surface area (Å²) < 4.78 is 1.76. The lowest BCUT2D eigenvalue weighted by molar-refractivity contribution is 1.00. The second-order valence-electron chi connectivity index (χ2n) is 3.77. The van der Waals surface area contributed by atoms with Crippen molar-refractivity contribution < 1.29 is 0 Å². The highest BCUT2D eigenvalue weighted by atomic mass is 35.5. The Hall–Kier alpha value is -2.38. The minimum atomic E-state index is 0.547. The van der Waals surface area contributed by atoms with Crippen LogP contribution >= 0.6 is 11.6 Å². The smallest absolute Gasteiger partial charge is 0.139 e. The van der Waals surface area contributed by atoms with Gasteiger partial charge in [-0.05, 0) is 24.3 Å². The number of hydrogen-bond donors (Lipinski definition) is 0. The largest absolute Gasteiger partial charge is 0.290 e. The molecule has 0 unspecified atom stereocenters. The summed E-state index contributed by atoms with van der Waals surface area (Å²) in [6.45, 7) is 0. The van der Waals surface area contributed by atoms with Gasteiger partial charge in [0.25, 0.3) is 0 Å². The lowest BCUT2D eigenvalue weighted by Crippen LogP contribution is -1.96. The number of rotatable bonds is 1. The van der Waals surface area contributed by atoms with Gasteiger partial charge in [0.1, 0.15) is 12.1 Å². The van der Waals surface area contributed by atoms with Gasteiger partial charge in [0.15, 0.2) is 0 Å². The van der Waals surface area contributed by atoms with Crippen molar-refractivity contribution in [1.29, 1.82) is 5.26 Å². The first-order chi connectivity index (χ1) is 8.78. The minimum absolute atomic E-state index is 0.547. The normalized spacial score (nSPS) is 10.4. The van der Waals surface area contributed by atoms with Crippen LogP contribution in [0.2, 0.25) is 5.02 Å². The van der Waals surface area contributed by atoms with Crippen LogP contribution in [0.15, 0.2) is 43.0 Å². The summed E-state index contributed by atoms with van der Waals surface area (Å²) in [5.41, 5.74) is 1.29. The van der Waals surface area contributed by atoms with E-state index in [1.807, 2.05) is 0 Å². The van der Waals surface area contributed by atoms with E-state index in [0.29, 0.717) is 16.4 Å². The predicted molar refractivity (Wildman–Crippen MR) is 68.6 cm³/mol. The zero-order valence-corrected chi connectivity index (χ0v) is 9.96. The van der Waals surface area contributed by atoms with Crippen molar-refractivity contribution in [2.75, 3.05) is 0 Å². The summed E-state index contributed by atoms with van der Waals surface area (Å²) in [4.78, 5) is 8.45.